The van der Waals surface area contributed by atoms with E-state index in [1.807, 2.05) is 36.1 Å². The summed E-state index contributed by atoms with van der Waals surface area (Å²) in [7, 11) is 0. The van der Waals surface area contributed by atoms with Gasteiger partial charge < -0.3 is 14.8 Å². The molecule has 3 aliphatic rings. The Kier molecular flexibility index (Phi) is 5.57. The van der Waals surface area contributed by atoms with Crippen LogP contribution in [0, 0.1) is 12.8 Å². The second-order valence-corrected chi connectivity index (χ2v) is 9.42. The van der Waals surface area contributed by atoms with E-state index in [9.17, 15) is 14.4 Å². The van der Waals surface area contributed by atoms with Crippen molar-refractivity contribution in [1.82, 2.24) is 19.8 Å². The predicted molar refractivity (Wildman–Crippen MR) is 120 cm³/mol. The van der Waals surface area contributed by atoms with Gasteiger partial charge in [0, 0.05) is 25.4 Å². The summed E-state index contributed by atoms with van der Waals surface area (Å²) < 4.78 is 0. The molecular formula is C25H30N4O3. The lowest BCUT2D eigenvalue weighted by atomic mass is 9.99. The van der Waals surface area contributed by atoms with Crippen molar-refractivity contribution in [3.63, 3.8) is 0 Å². The van der Waals surface area contributed by atoms with Crippen LogP contribution in [0.3, 0.4) is 0 Å². The quantitative estimate of drug-likeness (QED) is 0.802. The van der Waals surface area contributed by atoms with E-state index < -0.39 is 0 Å². The number of carbonyl (C=O) groups is 2. The van der Waals surface area contributed by atoms with Gasteiger partial charge in [0.05, 0.1) is 30.3 Å². The van der Waals surface area contributed by atoms with Crippen LogP contribution >= 0.6 is 0 Å². The normalized spacial score (nSPS) is 20.7. The van der Waals surface area contributed by atoms with Crippen molar-refractivity contribution in [3.05, 3.63) is 62.8 Å². The zero-order chi connectivity index (χ0) is 22.2. The minimum Gasteiger partial charge on any atom is -0.337 e. The topological polar surface area (TPSA) is 86.4 Å². The van der Waals surface area contributed by atoms with Crippen LogP contribution in [-0.2, 0) is 29.0 Å². The van der Waals surface area contributed by atoms with Gasteiger partial charge in [0.25, 0.3) is 5.56 Å². The van der Waals surface area contributed by atoms with Crippen LogP contribution < -0.4 is 5.56 Å². The highest BCUT2D eigenvalue weighted by molar-refractivity contribution is 5.81. The molecule has 2 aromatic rings. The van der Waals surface area contributed by atoms with Gasteiger partial charge in [0.2, 0.25) is 11.8 Å². The van der Waals surface area contributed by atoms with E-state index in [1.165, 1.54) is 5.56 Å². The number of benzene rings is 1. The first kappa shape index (κ1) is 20.9. The van der Waals surface area contributed by atoms with Crippen LogP contribution in [-0.4, -0.2) is 44.7 Å². The van der Waals surface area contributed by atoms with Crippen molar-refractivity contribution >= 4 is 11.8 Å². The third kappa shape index (κ3) is 4.20. The largest absolute Gasteiger partial charge is 0.337 e. The van der Waals surface area contributed by atoms with E-state index >= 15 is 0 Å². The molecule has 1 saturated heterocycles. The second-order valence-electron chi connectivity index (χ2n) is 9.42. The van der Waals surface area contributed by atoms with Crippen molar-refractivity contribution < 1.29 is 9.59 Å². The molecule has 2 aliphatic heterocycles. The highest BCUT2D eigenvalue weighted by Gasteiger charge is 2.36. The maximum Gasteiger partial charge on any atom is 0.256 e. The summed E-state index contributed by atoms with van der Waals surface area (Å²) in [6.07, 6.45) is 5.63. The molecule has 0 bridgehead atoms. The number of nitrogens with zero attached hydrogens (tertiary/aromatic N) is 3. The van der Waals surface area contributed by atoms with Gasteiger partial charge in [-0.3, -0.25) is 14.4 Å². The fraction of sp³-hybridized carbons (Fsp3) is 0.520. The van der Waals surface area contributed by atoms with Crippen LogP contribution in [0.15, 0.2) is 29.1 Å². The number of amides is 2. The molecule has 1 aromatic carbocycles. The van der Waals surface area contributed by atoms with Crippen LogP contribution in [0.25, 0.3) is 0 Å². The number of aromatic nitrogens is 2. The molecule has 0 radical (unpaired) electrons. The van der Waals surface area contributed by atoms with Crippen molar-refractivity contribution in [2.75, 3.05) is 13.1 Å². The third-order valence-corrected chi connectivity index (χ3v) is 6.94. The molecule has 2 amide bonds. The van der Waals surface area contributed by atoms with E-state index in [2.05, 4.69) is 4.98 Å². The first-order valence-corrected chi connectivity index (χ1v) is 11.8. The number of rotatable bonds is 4. The molecule has 3 heterocycles. The van der Waals surface area contributed by atoms with Crippen molar-refractivity contribution in [2.24, 2.45) is 5.92 Å². The summed E-state index contributed by atoms with van der Waals surface area (Å²) in [6.45, 7) is 3.66. The molecule has 7 nitrogen and oxygen atoms in total. The van der Waals surface area contributed by atoms with Crippen molar-refractivity contribution in [1.29, 1.82) is 0 Å². The Morgan fingerprint density at radius 3 is 2.62 bits per heavy atom. The number of piperidine rings is 1. The molecule has 32 heavy (non-hydrogen) atoms. The van der Waals surface area contributed by atoms with E-state index in [0.717, 1.165) is 43.4 Å². The van der Waals surface area contributed by atoms with E-state index in [1.54, 1.807) is 4.90 Å². The molecule has 1 N–H and O–H groups in total. The van der Waals surface area contributed by atoms with Gasteiger partial charge in [-0.25, -0.2) is 4.98 Å². The minimum absolute atomic E-state index is 0.0696. The van der Waals surface area contributed by atoms with Crippen LogP contribution in [0.5, 0.6) is 0 Å². The molecule has 7 heteroatoms. The summed E-state index contributed by atoms with van der Waals surface area (Å²) >= 11 is 0. The number of hydrogen-bond donors (Lipinski definition) is 1. The molecule has 1 aromatic heterocycles. The monoisotopic (exact) mass is 434 g/mol. The van der Waals surface area contributed by atoms with Gasteiger partial charge in [0.15, 0.2) is 0 Å². The number of likely N-dealkylation sites (tertiary alicyclic amines) is 1. The number of H-pyrrole nitrogens is 1. The van der Waals surface area contributed by atoms with Crippen LogP contribution in [0.4, 0.5) is 0 Å². The Bertz CT molecular complexity index is 1090. The first-order valence-electron chi connectivity index (χ1n) is 11.8. The summed E-state index contributed by atoms with van der Waals surface area (Å²) in [4.78, 5) is 50.0. The van der Waals surface area contributed by atoms with Gasteiger partial charge in [-0.15, -0.1) is 0 Å². The molecule has 0 spiro atoms. The zero-order valence-corrected chi connectivity index (χ0v) is 18.6. The second kappa shape index (κ2) is 8.52. The number of aryl methyl sites for hydroxylation is 1. The van der Waals surface area contributed by atoms with E-state index in [4.69, 9.17) is 4.98 Å². The van der Waals surface area contributed by atoms with E-state index in [0.29, 0.717) is 43.9 Å². The third-order valence-electron chi connectivity index (χ3n) is 6.94. The number of hydrogen-bond acceptors (Lipinski definition) is 4. The Morgan fingerprint density at radius 1 is 1.09 bits per heavy atom. The maximum atomic E-state index is 13.2. The predicted octanol–water partition coefficient (Wildman–Crippen LogP) is 2.67. The SMILES string of the molecule is Cc1ccc(CC(=O)N2CCCC[C@@H]2c2nc3c(c(=O)[nH]2)CN(C(=O)C2CC2)CC3)cc1. The number of fused-ring (bicyclic) bond motifs is 1. The Hall–Kier alpha value is -2.96. The van der Waals surface area contributed by atoms with Gasteiger partial charge >= 0.3 is 0 Å². The highest BCUT2D eigenvalue weighted by atomic mass is 16.2. The van der Waals surface area contributed by atoms with Crippen LogP contribution in [0.1, 0.15) is 66.4 Å². The maximum absolute atomic E-state index is 13.2. The Balaban J connectivity index is 1.36. The van der Waals surface area contributed by atoms with Gasteiger partial charge in [-0.1, -0.05) is 29.8 Å². The molecule has 1 saturated carbocycles. The fourth-order valence-electron chi connectivity index (χ4n) is 4.88. The summed E-state index contributed by atoms with van der Waals surface area (Å²) in [5.41, 5.74) is 3.37. The lowest BCUT2D eigenvalue weighted by molar-refractivity contribution is -0.135. The summed E-state index contributed by atoms with van der Waals surface area (Å²) in [5, 5.41) is 0. The highest BCUT2D eigenvalue weighted by Crippen LogP contribution is 2.33. The summed E-state index contributed by atoms with van der Waals surface area (Å²) in [5.74, 6) is 0.977. The van der Waals surface area contributed by atoms with Crippen molar-refractivity contribution in [3.8, 4) is 0 Å². The lowest BCUT2D eigenvalue weighted by Gasteiger charge is -2.36. The number of aromatic amines is 1. The molecule has 2 fully saturated rings. The zero-order valence-electron chi connectivity index (χ0n) is 18.6. The Labute approximate surface area is 187 Å². The number of carbonyl (C=O) groups excluding carboxylic acids is 2. The lowest BCUT2D eigenvalue weighted by Crippen LogP contribution is -2.43. The Morgan fingerprint density at radius 2 is 1.88 bits per heavy atom. The standard InChI is InChI=1S/C25H30N4O3/c1-16-5-7-17(8-6-16)14-22(30)29-12-3-2-4-21(29)23-26-20-11-13-28(25(32)18-9-10-18)15-19(20)24(31)27-23/h5-8,18,21H,2-4,9-15H2,1H3,(H,26,27,31)/t21-/m1/s1. The average Bonchev–Trinajstić information content (AvgIpc) is 3.65. The molecule has 0 unspecified atom stereocenters. The van der Waals surface area contributed by atoms with Gasteiger partial charge in [-0.2, -0.15) is 0 Å². The molecule has 168 valence electrons. The summed E-state index contributed by atoms with van der Waals surface area (Å²) in [6, 6.07) is 7.84. The molecule has 1 aliphatic carbocycles. The fourth-order valence-corrected chi connectivity index (χ4v) is 4.88. The molecule has 1 atom stereocenters. The molecular weight excluding hydrogens is 404 g/mol. The first-order chi connectivity index (χ1) is 15.5. The van der Waals surface area contributed by atoms with Gasteiger partial charge in [0.1, 0.15) is 5.82 Å². The molecule has 5 rings (SSSR count). The van der Waals surface area contributed by atoms with Crippen molar-refractivity contribution in [2.45, 2.75) is 64.5 Å². The van der Waals surface area contributed by atoms with E-state index in [-0.39, 0.29) is 29.3 Å². The minimum atomic E-state index is -0.203. The van der Waals surface area contributed by atoms with Gasteiger partial charge in [-0.05, 0) is 44.6 Å². The average molecular weight is 435 g/mol. The number of nitrogens with one attached hydrogen (secondary N) is 1. The van der Waals surface area contributed by atoms with Crippen LogP contribution in [0.2, 0.25) is 0 Å². The smallest absolute Gasteiger partial charge is 0.256 e.